The van der Waals surface area contributed by atoms with Gasteiger partial charge in [0, 0.05) is 31.1 Å². The number of sulfonamides is 1. The zero-order valence-electron chi connectivity index (χ0n) is 15.5. The monoisotopic (exact) mass is 424 g/mol. The molecule has 0 aliphatic rings. The van der Waals surface area contributed by atoms with Gasteiger partial charge in [0.2, 0.25) is 16.0 Å². The van der Waals surface area contributed by atoms with Gasteiger partial charge in [0.1, 0.15) is 35.1 Å². The van der Waals surface area contributed by atoms with Crippen molar-refractivity contribution in [3.05, 3.63) is 66.5 Å². The van der Waals surface area contributed by atoms with Crippen LogP contribution in [0.3, 0.4) is 0 Å². The van der Waals surface area contributed by atoms with Gasteiger partial charge < -0.3 is 5.11 Å². The third kappa shape index (κ3) is 3.93. The van der Waals surface area contributed by atoms with Gasteiger partial charge in [0.05, 0.1) is 6.54 Å². The highest BCUT2D eigenvalue weighted by Crippen LogP contribution is 2.35. The normalized spacial score (nSPS) is 14.9. The van der Waals surface area contributed by atoms with Crippen LogP contribution in [0.4, 0.5) is 14.7 Å². The molecule has 1 aromatic carbocycles. The second-order valence-corrected chi connectivity index (χ2v) is 8.63. The summed E-state index contributed by atoms with van der Waals surface area (Å²) in [6, 6.07) is 4.04. The van der Waals surface area contributed by atoms with Crippen LogP contribution < -0.4 is 4.31 Å². The topological polar surface area (TPSA) is 114 Å². The van der Waals surface area contributed by atoms with Gasteiger partial charge in [-0.25, -0.2) is 41.1 Å². The van der Waals surface area contributed by atoms with Crippen LogP contribution in [0, 0.1) is 11.6 Å². The van der Waals surface area contributed by atoms with Crippen LogP contribution in [0.25, 0.3) is 0 Å². The Morgan fingerprint density at radius 1 is 1.28 bits per heavy atom. The molecule has 0 aliphatic carbocycles. The molecule has 0 saturated carbocycles. The van der Waals surface area contributed by atoms with Crippen molar-refractivity contribution in [3.63, 3.8) is 0 Å². The number of aliphatic hydroxyl groups is 1. The first-order chi connectivity index (χ1) is 13.7. The number of anilines is 1. The second kappa shape index (κ2) is 7.79. The van der Waals surface area contributed by atoms with E-state index in [1.165, 1.54) is 45.1 Å². The minimum absolute atomic E-state index is 0.123. The number of aromatic nitrogens is 5. The molecule has 0 radical (unpaired) electrons. The van der Waals surface area contributed by atoms with Crippen molar-refractivity contribution in [1.82, 2.24) is 24.7 Å². The molecule has 0 saturated heterocycles. The Morgan fingerprint density at radius 2 is 1.97 bits per heavy atom. The number of halogens is 2. The van der Waals surface area contributed by atoms with E-state index in [4.69, 9.17) is 0 Å². The lowest BCUT2D eigenvalue weighted by molar-refractivity contribution is 0.0109. The number of hydrogen-bond donors (Lipinski definition) is 1. The van der Waals surface area contributed by atoms with Crippen molar-refractivity contribution in [1.29, 1.82) is 0 Å². The molecule has 0 fully saturated rings. The fourth-order valence-electron chi connectivity index (χ4n) is 2.89. The zero-order chi connectivity index (χ0) is 21.2. The van der Waals surface area contributed by atoms with E-state index in [1.54, 1.807) is 0 Å². The molecule has 0 aliphatic heterocycles. The Balaban J connectivity index is 2.10. The standard InChI is InChI=1S/C17H18F2N6O3S/c1-12(29(27,28)24(2)16-21-6-3-7-22-16)17(26,9-25-11-20-10-23-25)14-5-4-13(18)8-15(14)19/h3-8,10-12,26H,9H2,1-2H3/t12-,17-/m1/s1. The van der Waals surface area contributed by atoms with E-state index in [2.05, 4.69) is 20.1 Å². The van der Waals surface area contributed by atoms with E-state index in [9.17, 15) is 22.3 Å². The first kappa shape index (κ1) is 20.7. The summed E-state index contributed by atoms with van der Waals surface area (Å²) in [6.45, 7) is 0.772. The smallest absolute Gasteiger partial charge is 0.243 e. The number of benzene rings is 1. The van der Waals surface area contributed by atoms with Crippen molar-refractivity contribution >= 4 is 16.0 Å². The van der Waals surface area contributed by atoms with Gasteiger partial charge in [-0.15, -0.1) is 0 Å². The van der Waals surface area contributed by atoms with E-state index in [1.807, 2.05) is 0 Å². The molecule has 0 bridgehead atoms. The summed E-state index contributed by atoms with van der Waals surface area (Å²) in [7, 11) is -3.07. The summed E-state index contributed by atoms with van der Waals surface area (Å²) in [5.41, 5.74) is -2.71. The molecule has 2 aromatic heterocycles. The zero-order valence-corrected chi connectivity index (χ0v) is 16.3. The van der Waals surface area contributed by atoms with E-state index in [-0.39, 0.29) is 5.95 Å². The van der Waals surface area contributed by atoms with Crippen molar-refractivity contribution < 1.29 is 22.3 Å². The van der Waals surface area contributed by atoms with Crippen LogP contribution in [0.5, 0.6) is 0 Å². The van der Waals surface area contributed by atoms with E-state index in [0.29, 0.717) is 6.07 Å². The summed E-state index contributed by atoms with van der Waals surface area (Å²) in [4.78, 5) is 11.5. The molecule has 9 nitrogen and oxygen atoms in total. The maximum Gasteiger partial charge on any atom is 0.243 e. The van der Waals surface area contributed by atoms with Crippen molar-refractivity contribution in [2.75, 3.05) is 11.4 Å². The van der Waals surface area contributed by atoms with Gasteiger partial charge in [-0.1, -0.05) is 6.07 Å². The maximum absolute atomic E-state index is 14.6. The number of rotatable bonds is 7. The molecule has 2 heterocycles. The quantitative estimate of drug-likeness (QED) is 0.604. The Labute approximate surface area is 165 Å². The summed E-state index contributed by atoms with van der Waals surface area (Å²) in [5, 5.41) is 13.7. The lowest BCUT2D eigenvalue weighted by Gasteiger charge is -2.36. The van der Waals surface area contributed by atoms with E-state index in [0.717, 1.165) is 21.1 Å². The summed E-state index contributed by atoms with van der Waals surface area (Å²) >= 11 is 0. The molecular formula is C17H18F2N6O3S. The molecular weight excluding hydrogens is 406 g/mol. The predicted octanol–water partition coefficient (Wildman–Crippen LogP) is 1.09. The fourth-order valence-corrected chi connectivity index (χ4v) is 4.38. The first-order valence-corrected chi connectivity index (χ1v) is 9.91. The molecule has 12 heteroatoms. The van der Waals surface area contributed by atoms with Gasteiger partial charge in [-0.3, -0.25) is 0 Å². The van der Waals surface area contributed by atoms with Crippen LogP contribution in [0.1, 0.15) is 12.5 Å². The van der Waals surface area contributed by atoms with Gasteiger partial charge in [0.15, 0.2) is 0 Å². The molecule has 0 unspecified atom stereocenters. The van der Waals surface area contributed by atoms with Crippen LogP contribution in [-0.4, -0.2) is 50.6 Å². The average Bonchev–Trinajstić information content (AvgIpc) is 3.20. The largest absolute Gasteiger partial charge is 0.382 e. The SMILES string of the molecule is C[C@H]([C@](O)(Cn1cncn1)c1ccc(F)cc1F)S(=O)(=O)N(C)c1ncccn1. The first-order valence-electron chi connectivity index (χ1n) is 8.41. The van der Waals surface area contributed by atoms with Crippen molar-refractivity contribution in [2.24, 2.45) is 0 Å². The van der Waals surface area contributed by atoms with Gasteiger partial charge in [0.25, 0.3) is 0 Å². The molecule has 2 atom stereocenters. The van der Waals surface area contributed by atoms with Crippen LogP contribution in [-0.2, 0) is 22.2 Å². The number of nitrogens with zero attached hydrogens (tertiary/aromatic N) is 6. The van der Waals surface area contributed by atoms with Crippen LogP contribution in [0.15, 0.2) is 49.3 Å². The lowest BCUT2D eigenvalue weighted by atomic mass is 9.90. The Kier molecular flexibility index (Phi) is 5.57. The van der Waals surface area contributed by atoms with Crippen molar-refractivity contribution in [3.8, 4) is 0 Å². The molecule has 3 rings (SSSR count). The molecule has 0 spiro atoms. The Hall–Kier alpha value is -2.99. The average molecular weight is 424 g/mol. The van der Waals surface area contributed by atoms with Crippen LogP contribution >= 0.6 is 0 Å². The highest BCUT2D eigenvalue weighted by Gasteiger charge is 2.47. The maximum atomic E-state index is 14.6. The van der Waals surface area contributed by atoms with Gasteiger partial charge in [-0.05, 0) is 19.1 Å². The van der Waals surface area contributed by atoms with Gasteiger partial charge >= 0.3 is 0 Å². The van der Waals surface area contributed by atoms with Gasteiger partial charge in [-0.2, -0.15) is 5.10 Å². The molecule has 154 valence electrons. The minimum Gasteiger partial charge on any atom is -0.382 e. The highest BCUT2D eigenvalue weighted by atomic mass is 32.2. The third-order valence-electron chi connectivity index (χ3n) is 4.60. The Morgan fingerprint density at radius 3 is 2.55 bits per heavy atom. The highest BCUT2D eigenvalue weighted by molar-refractivity contribution is 7.93. The fraction of sp³-hybridized carbons (Fsp3) is 0.294. The van der Waals surface area contributed by atoms with Crippen LogP contribution in [0.2, 0.25) is 0 Å². The second-order valence-electron chi connectivity index (χ2n) is 6.34. The third-order valence-corrected chi connectivity index (χ3v) is 6.81. The Bertz CT molecular complexity index is 1080. The summed E-state index contributed by atoms with van der Waals surface area (Å²) in [5.74, 6) is -2.07. The predicted molar refractivity (Wildman–Crippen MR) is 99.1 cm³/mol. The molecule has 29 heavy (non-hydrogen) atoms. The van der Waals surface area contributed by atoms with E-state index >= 15 is 0 Å². The minimum atomic E-state index is -4.29. The molecule has 3 aromatic rings. The number of hydrogen-bond acceptors (Lipinski definition) is 7. The summed E-state index contributed by atoms with van der Waals surface area (Å²) < 4.78 is 56.3. The molecule has 1 N–H and O–H groups in total. The summed E-state index contributed by atoms with van der Waals surface area (Å²) in [6.07, 6.45) is 5.15. The molecule has 0 amide bonds. The van der Waals surface area contributed by atoms with E-state index < -0.39 is 44.6 Å². The lowest BCUT2D eigenvalue weighted by Crippen LogP contribution is -2.51. The van der Waals surface area contributed by atoms with Crippen molar-refractivity contribution in [2.45, 2.75) is 24.3 Å².